The first kappa shape index (κ1) is 6.88. The van der Waals surface area contributed by atoms with Crippen LogP contribution in [0.5, 0.6) is 0 Å². The lowest BCUT2D eigenvalue weighted by molar-refractivity contribution is -0.703. The molecule has 1 amide bonds. The molecule has 0 unspecified atom stereocenters. The first-order valence-corrected chi connectivity index (χ1v) is 2.03. The van der Waals surface area contributed by atoms with Gasteiger partial charge in [-0.05, 0) is 0 Å². The van der Waals surface area contributed by atoms with E-state index in [0.717, 1.165) is 10.8 Å². The SMILES string of the molecule is C=CC(=O)[N+](=C)OC. The van der Waals surface area contributed by atoms with E-state index in [1.165, 1.54) is 7.11 Å². The number of hydrogen-bond donors (Lipinski definition) is 0. The topological polar surface area (TPSA) is 29.3 Å². The molecule has 0 rings (SSSR count). The van der Waals surface area contributed by atoms with Crippen LogP contribution in [-0.2, 0) is 9.63 Å². The van der Waals surface area contributed by atoms with Gasteiger partial charge < -0.3 is 0 Å². The zero-order chi connectivity index (χ0) is 6.57. The fraction of sp³-hybridized carbons (Fsp3) is 0.200. The van der Waals surface area contributed by atoms with E-state index in [-0.39, 0.29) is 5.91 Å². The van der Waals surface area contributed by atoms with Crippen molar-refractivity contribution in [2.45, 2.75) is 0 Å². The smallest absolute Gasteiger partial charge is 0.272 e. The molecule has 0 aromatic rings. The lowest BCUT2D eigenvalue weighted by Gasteiger charge is -1.85. The van der Waals surface area contributed by atoms with Crippen LogP contribution in [0, 0.1) is 0 Å². The van der Waals surface area contributed by atoms with Crippen molar-refractivity contribution in [1.29, 1.82) is 0 Å². The molecule has 44 valence electrons. The van der Waals surface area contributed by atoms with E-state index in [1.54, 1.807) is 0 Å². The molecule has 0 N–H and O–H groups in total. The Bertz CT molecular complexity index is 128. The molecule has 3 nitrogen and oxygen atoms in total. The van der Waals surface area contributed by atoms with Gasteiger partial charge in [-0.25, -0.2) is 4.79 Å². The minimum absolute atomic E-state index is 0.354. The second-order valence-electron chi connectivity index (χ2n) is 1.10. The van der Waals surface area contributed by atoms with E-state index in [1.807, 2.05) is 0 Å². The summed E-state index contributed by atoms with van der Waals surface area (Å²) in [6, 6.07) is 0. The number of carbonyl (C=O) groups is 1. The van der Waals surface area contributed by atoms with Gasteiger partial charge in [-0.15, -0.1) is 0 Å². The minimum atomic E-state index is -0.354. The Balaban J connectivity index is 3.82. The molecule has 0 bridgehead atoms. The third-order valence-electron chi connectivity index (χ3n) is 0.641. The lowest BCUT2D eigenvalue weighted by Crippen LogP contribution is -2.14. The second kappa shape index (κ2) is 2.96. The standard InChI is InChI=1S/C5H8NO2/c1-4-5(7)6(2)8-3/h4H,1-2H2,3H3/q+1. The highest BCUT2D eigenvalue weighted by molar-refractivity contribution is 5.79. The van der Waals surface area contributed by atoms with Crippen LogP contribution in [0.15, 0.2) is 12.7 Å². The van der Waals surface area contributed by atoms with Gasteiger partial charge in [0.2, 0.25) is 0 Å². The van der Waals surface area contributed by atoms with Gasteiger partial charge >= 0.3 is 5.91 Å². The van der Waals surface area contributed by atoms with Crippen LogP contribution in [0.1, 0.15) is 0 Å². The first-order chi connectivity index (χ1) is 3.72. The monoisotopic (exact) mass is 114 g/mol. The first-order valence-electron chi connectivity index (χ1n) is 2.03. The van der Waals surface area contributed by atoms with E-state index in [2.05, 4.69) is 18.1 Å². The molecule has 0 saturated carbocycles. The Labute approximate surface area is 47.8 Å². The van der Waals surface area contributed by atoms with Crippen LogP contribution in [-0.4, -0.2) is 24.5 Å². The summed E-state index contributed by atoms with van der Waals surface area (Å²) in [6.07, 6.45) is 1.12. The molecular formula is C5H8NO2+. The number of nitrogens with zero attached hydrogens (tertiary/aromatic N) is 1. The molecule has 0 radical (unpaired) electrons. The molecule has 0 atom stereocenters. The maximum atomic E-state index is 10.4. The van der Waals surface area contributed by atoms with Gasteiger partial charge in [0.1, 0.15) is 7.11 Å². The van der Waals surface area contributed by atoms with Gasteiger partial charge in [-0.2, -0.15) is 0 Å². The van der Waals surface area contributed by atoms with Gasteiger partial charge in [0.25, 0.3) is 0 Å². The van der Waals surface area contributed by atoms with Crippen molar-refractivity contribution < 1.29 is 14.4 Å². The molecule has 0 saturated heterocycles. The molecule has 0 aliphatic rings. The lowest BCUT2D eigenvalue weighted by atomic mass is 10.6. The molecule has 0 aliphatic heterocycles. The van der Waals surface area contributed by atoms with Crippen LogP contribution in [0.25, 0.3) is 0 Å². The van der Waals surface area contributed by atoms with Gasteiger partial charge in [0, 0.05) is 4.74 Å². The zero-order valence-corrected chi connectivity index (χ0v) is 4.76. The fourth-order valence-electron chi connectivity index (χ4n) is 0.192. The highest BCUT2D eigenvalue weighted by Crippen LogP contribution is 1.74. The largest absolute Gasteiger partial charge is 0.457 e. The molecule has 0 aliphatic carbocycles. The summed E-state index contributed by atoms with van der Waals surface area (Å²) < 4.78 is 0.840. The van der Waals surface area contributed by atoms with Crippen molar-refractivity contribution in [3.63, 3.8) is 0 Å². The highest BCUT2D eigenvalue weighted by Gasteiger charge is 2.07. The summed E-state index contributed by atoms with van der Waals surface area (Å²) in [5.41, 5.74) is 0. The average molecular weight is 114 g/mol. The molecular weight excluding hydrogens is 106 g/mol. The maximum Gasteiger partial charge on any atom is 0.457 e. The van der Waals surface area contributed by atoms with E-state index >= 15 is 0 Å². The molecule has 8 heavy (non-hydrogen) atoms. The van der Waals surface area contributed by atoms with Crippen molar-refractivity contribution >= 4 is 12.6 Å². The third kappa shape index (κ3) is 1.55. The van der Waals surface area contributed by atoms with Crippen LogP contribution in [0.2, 0.25) is 0 Å². The summed E-state index contributed by atoms with van der Waals surface area (Å²) in [7, 11) is 1.36. The van der Waals surface area contributed by atoms with Gasteiger partial charge in [0.15, 0.2) is 6.72 Å². The highest BCUT2D eigenvalue weighted by atomic mass is 16.7. The van der Waals surface area contributed by atoms with E-state index in [4.69, 9.17) is 0 Å². The number of rotatable bonds is 2. The number of hydrogen-bond acceptors (Lipinski definition) is 2. The molecule has 0 aromatic carbocycles. The van der Waals surface area contributed by atoms with E-state index in [0.29, 0.717) is 0 Å². The fourth-order valence-corrected chi connectivity index (χ4v) is 0.192. The Morgan fingerprint density at radius 1 is 1.88 bits per heavy atom. The van der Waals surface area contributed by atoms with Crippen molar-refractivity contribution in [3.8, 4) is 0 Å². The van der Waals surface area contributed by atoms with Crippen molar-refractivity contribution in [1.82, 2.24) is 0 Å². The predicted molar refractivity (Wildman–Crippen MR) is 29.6 cm³/mol. The molecule has 0 aromatic heterocycles. The van der Waals surface area contributed by atoms with Gasteiger partial charge in [-0.1, -0.05) is 6.58 Å². The number of amides is 1. The van der Waals surface area contributed by atoms with Crippen molar-refractivity contribution in [2.24, 2.45) is 0 Å². The Hall–Kier alpha value is -1.12. The van der Waals surface area contributed by atoms with Crippen LogP contribution < -0.4 is 0 Å². The maximum absolute atomic E-state index is 10.4. The van der Waals surface area contributed by atoms with Crippen LogP contribution >= 0.6 is 0 Å². The van der Waals surface area contributed by atoms with Crippen LogP contribution in [0.4, 0.5) is 0 Å². The van der Waals surface area contributed by atoms with Crippen LogP contribution in [0.3, 0.4) is 0 Å². The third-order valence-corrected chi connectivity index (χ3v) is 0.641. The van der Waals surface area contributed by atoms with Crippen molar-refractivity contribution in [2.75, 3.05) is 7.11 Å². The number of hydroxylamine groups is 1. The average Bonchev–Trinajstić information content (AvgIpc) is 1.84. The second-order valence-corrected chi connectivity index (χ2v) is 1.10. The summed E-state index contributed by atoms with van der Waals surface area (Å²) in [5, 5.41) is 0. The van der Waals surface area contributed by atoms with E-state index < -0.39 is 0 Å². The minimum Gasteiger partial charge on any atom is -0.272 e. The van der Waals surface area contributed by atoms with Gasteiger partial charge in [0.05, 0.1) is 6.08 Å². The Kier molecular flexibility index (Phi) is 2.54. The Morgan fingerprint density at radius 3 is 2.50 bits per heavy atom. The predicted octanol–water partition coefficient (Wildman–Crippen LogP) is -0.0265. The normalized spacial score (nSPS) is 7.62. The quantitative estimate of drug-likeness (QED) is 0.218. The molecule has 0 spiro atoms. The summed E-state index contributed by atoms with van der Waals surface area (Å²) in [4.78, 5) is 14.8. The zero-order valence-electron chi connectivity index (χ0n) is 4.76. The summed E-state index contributed by atoms with van der Waals surface area (Å²) >= 11 is 0. The molecule has 0 fully saturated rings. The number of carbonyl (C=O) groups excluding carboxylic acids is 1. The summed E-state index contributed by atoms with van der Waals surface area (Å²) in [5.74, 6) is -0.354. The summed E-state index contributed by atoms with van der Waals surface area (Å²) in [6.45, 7) is 6.44. The molecule has 3 heteroatoms. The van der Waals surface area contributed by atoms with Crippen molar-refractivity contribution in [3.05, 3.63) is 12.7 Å². The van der Waals surface area contributed by atoms with Gasteiger partial charge in [-0.3, -0.25) is 4.84 Å². The Morgan fingerprint density at radius 2 is 2.38 bits per heavy atom. The molecule has 0 heterocycles. The van der Waals surface area contributed by atoms with E-state index in [9.17, 15) is 4.79 Å².